The maximum Gasteiger partial charge on any atom is 0.573 e. The highest BCUT2D eigenvalue weighted by Crippen LogP contribution is 2.31. The van der Waals surface area contributed by atoms with Crippen LogP contribution in [0.1, 0.15) is 18.3 Å². The molecule has 0 radical (unpaired) electrons. The normalized spacial score (nSPS) is 11.1. The Hall–Kier alpha value is -2.39. The molecule has 10 heteroatoms. The van der Waals surface area contributed by atoms with Gasteiger partial charge in [-0.15, -0.1) is 13.2 Å². The van der Waals surface area contributed by atoms with Crippen LogP contribution in [0.4, 0.5) is 18.9 Å². The molecule has 0 amide bonds. The molecule has 0 aliphatic rings. The molecule has 1 rings (SSSR count). The second-order valence-corrected chi connectivity index (χ2v) is 3.82. The number of aromatic nitrogens is 1. The number of alkyl halides is 3. The number of pyridine rings is 1. The molecule has 1 aromatic rings. The van der Waals surface area contributed by atoms with Crippen molar-refractivity contribution in [1.29, 1.82) is 0 Å². The zero-order valence-corrected chi connectivity index (χ0v) is 11.1. The molecule has 0 spiro atoms. The van der Waals surface area contributed by atoms with Gasteiger partial charge >= 0.3 is 12.3 Å². The van der Waals surface area contributed by atoms with Crippen LogP contribution in [0.3, 0.4) is 0 Å². The minimum absolute atomic E-state index is 0.0419. The largest absolute Gasteiger partial charge is 0.573 e. The summed E-state index contributed by atoms with van der Waals surface area (Å²) in [7, 11) is 0. The van der Waals surface area contributed by atoms with Crippen molar-refractivity contribution in [3.63, 3.8) is 0 Å². The lowest BCUT2D eigenvalue weighted by Gasteiger charge is -2.13. The molecule has 0 saturated heterocycles. The SMILES string of the molecule is CCOC(=O)Cc1nc(C)c([N+](=O)[O-])cc1OC(F)(F)F. The van der Waals surface area contributed by atoms with Gasteiger partial charge in [0.05, 0.1) is 29.7 Å². The third kappa shape index (κ3) is 4.89. The summed E-state index contributed by atoms with van der Waals surface area (Å²) in [5, 5.41) is 10.7. The molecule has 0 atom stereocenters. The highest BCUT2D eigenvalue weighted by molar-refractivity contribution is 5.73. The number of carbonyl (C=O) groups excluding carboxylic acids is 1. The minimum Gasteiger partial charge on any atom is -0.466 e. The van der Waals surface area contributed by atoms with Gasteiger partial charge in [-0.3, -0.25) is 14.9 Å². The maximum absolute atomic E-state index is 12.3. The van der Waals surface area contributed by atoms with Crippen molar-refractivity contribution >= 4 is 11.7 Å². The van der Waals surface area contributed by atoms with E-state index >= 15 is 0 Å². The van der Waals surface area contributed by atoms with Gasteiger partial charge in [0.15, 0.2) is 5.75 Å². The summed E-state index contributed by atoms with van der Waals surface area (Å²) in [4.78, 5) is 24.8. The molecule has 0 fully saturated rings. The molecule has 0 bridgehead atoms. The van der Waals surface area contributed by atoms with Gasteiger partial charge in [0, 0.05) is 0 Å². The number of aryl methyl sites for hydroxylation is 1. The smallest absolute Gasteiger partial charge is 0.466 e. The van der Waals surface area contributed by atoms with E-state index < -0.39 is 35.1 Å². The number of halogens is 3. The van der Waals surface area contributed by atoms with Crippen LogP contribution < -0.4 is 4.74 Å². The summed E-state index contributed by atoms with van der Waals surface area (Å²) in [6.45, 7) is 2.81. The third-order valence-electron chi connectivity index (χ3n) is 2.27. The number of rotatable bonds is 5. The van der Waals surface area contributed by atoms with Crippen LogP contribution in [-0.4, -0.2) is 28.8 Å². The number of hydrogen-bond donors (Lipinski definition) is 0. The van der Waals surface area contributed by atoms with Crippen molar-refractivity contribution in [3.8, 4) is 5.75 Å². The predicted molar refractivity (Wildman–Crippen MR) is 62.6 cm³/mol. The predicted octanol–water partition coefficient (Wildman–Crippen LogP) is 2.30. The lowest BCUT2D eigenvalue weighted by molar-refractivity contribution is -0.386. The lowest BCUT2D eigenvalue weighted by atomic mass is 10.2. The Labute approximate surface area is 116 Å². The first kappa shape index (κ1) is 16.7. The molecule has 0 N–H and O–H groups in total. The quantitative estimate of drug-likeness (QED) is 0.471. The molecular formula is C11H11F3N2O5. The molecule has 0 saturated carbocycles. The fourth-order valence-corrected chi connectivity index (χ4v) is 1.50. The van der Waals surface area contributed by atoms with Gasteiger partial charge in [0.25, 0.3) is 5.69 Å². The highest BCUT2D eigenvalue weighted by Gasteiger charge is 2.34. The number of esters is 1. The summed E-state index contributed by atoms with van der Waals surface area (Å²) in [6.07, 6.45) is -5.65. The van der Waals surface area contributed by atoms with Gasteiger partial charge in [-0.2, -0.15) is 0 Å². The van der Waals surface area contributed by atoms with Crippen LogP contribution in [0.2, 0.25) is 0 Å². The molecule has 21 heavy (non-hydrogen) atoms. The Morgan fingerprint density at radius 3 is 2.57 bits per heavy atom. The average Bonchev–Trinajstić information content (AvgIpc) is 2.30. The van der Waals surface area contributed by atoms with Gasteiger partial charge in [-0.25, -0.2) is 4.98 Å². The third-order valence-corrected chi connectivity index (χ3v) is 2.27. The van der Waals surface area contributed by atoms with Crippen molar-refractivity contribution in [1.82, 2.24) is 4.98 Å². The zero-order valence-electron chi connectivity index (χ0n) is 11.1. The van der Waals surface area contributed by atoms with E-state index in [0.717, 1.165) is 0 Å². The molecule has 1 aromatic heterocycles. The van der Waals surface area contributed by atoms with Crippen LogP contribution in [0.25, 0.3) is 0 Å². The van der Waals surface area contributed by atoms with Crippen molar-refractivity contribution in [3.05, 3.63) is 27.6 Å². The first-order valence-corrected chi connectivity index (χ1v) is 5.70. The van der Waals surface area contributed by atoms with E-state index in [1.54, 1.807) is 0 Å². The van der Waals surface area contributed by atoms with Crippen LogP contribution in [0.15, 0.2) is 6.07 Å². The molecule has 116 valence electrons. The summed E-state index contributed by atoms with van der Waals surface area (Å²) in [5.74, 6) is -1.71. The standard InChI is InChI=1S/C11H11F3N2O5/c1-3-20-10(17)4-7-9(21-11(12,13)14)5-8(16(18)19)6(2)15-7/h5H,3-4H2,1-2H3. The second kappa shape index (κ2) is 6.37. The van der Waals surface area contributed by atoms with Crippen molar-refractivity contribution in [2.45, 2.75) is 26.6 Å². The lowest BCUT2D eigenvalue weighted by Crippen LogP contribution is -2.20. The summed E-state index contributed by atoms with van der Waals surface area (Å²) in [5.41, 5.74) is -1.15. The van der Waals surface area contributed by atoms with Crippen molar-refractivity contribution in [2.24, 2.45) is 0 Å². The Balaban J connectivity index is 3.23. The van der Waals surface area contributed by atoms with E-state index in [-0.39, 0.29) is 18.0 Å². The Bertz CT molecular complexity index is 560. The van der Waals surface area contributed by atoms with E-state index in [9.17, 15) is 28.1 Å². The van der Waals surface area contributed by atoms with E-state index in [1.807, 2.05) is 0 Å². The van der Waals surface area contributed by atoms with Gasteiger partial charge in [0.2, 0.25) is 0 Å². The molecule has 0 aliphatic carbocycles. The zero-order chi connectivity index (χ0) is 16.2. The van der Waals surface area contributed by atoms with E-state index in [4.69, 9.17) is 0 Å². The van der Waals surface area contributed by atoms with Gasteiger partial charge < -0.3 is 9.47 Å². The van der Waals surface area contributed by atoms with Crippen LogP contribution in [-0.2, 0) is 16.0 Å². The average molecular weight is 308 g/mol. The molecule has 0 unspecified atom stereocenters. The van der Waals surface area contributed by atoms with Gasteiger partial charge in [-0.05, 0) is 13.8 Å². The Kier molecular flexibility index (Phi) is 5.06. The monoisotopic (exact) mass is 308 g/mol. The highest BCUT2D eigenvalue weighted by atomic mass is 19.4. The van der Waals surface area contributed by atoms with Crippen molar-refractivity contribution in [2.75, 3.05) is 6.61 Å². The van der Waals surface area contributed by atoms with Crippen molar-refractivity contribution < 1.29 is 32.4 Å². The summed E-state index contributed by atoms with van der Waals surface area (Å²) >= 11 is 0. The number of hydrogen-bond acceptors (Lipinski definition) is 6. The first-order chi connectivity index (χ1) is 9.64. The minimum atomic E-state index is -5.06. The topological polar surface area (TPSA) is 91.6 Å². The number of nitrogens with zero attached hydrogens (tertiary/aromatic N) is 2. The second-order valence-electron chi connectivity index (χ2n) is 3.82. The molecular weight excluding hydrogens is 297 g/mol. The molecule has 0 aromatic carbocycles. The van der Waals surface area contributed by atoms with Gasteiger partial charge in [0.1, 0.15) is 5.69 Å². The molecule has 7 nitrogen and oxygen atoms in total. The first-order valence-electron chi connectivity index (χ1n) is 5.70. The maximum atomic E-state index is 12.3. The number of carbonyl (C=O) groups is 1. The van der Waals surface area contributed by atoms with Gasteiger partial charge in [-0.1, -0.05) is 0 Å². The van der Waals surface area contributed by atoms with E-state index in [1.165, 1.54) is 13.8 Å². The molecule has 0 aliphatic heterocycles. The summed E-state index contributed by atoms with van der Waals surface area (Å²) in [6, 6.07) is 0.588. The fraction of sp³-hybridized carbons (Fsp3) is 0.455. The number of ether oxygens (including phenoxy) is 2. The van der Waals surface area contributed by atoms with Crippen LogP contribution in [0.5, 0.6) is 5.75 Å². The fourth-order valence-electron chi connectivity index (χ4n) is 1.50. The Morgan fingerprint density at radius 2 is 2.10 bits per heavy atom. The van der Waals surface area contributed by atoms with Crippen LogP contribution in [0, 0.1) is 17.0 Å². The molecule has 1 heterocycles. The van der Waals surface area contributed by atoms with E-state index in [2.05, 4.69) is 14.5 Å². The van der Waals surface area contributed by atoms with E-state index in [0.29, 0.717) is 6.07 Å². The Morgan fingerprint density at radius 1 is 1.48 bits per heavy atom. The number of nitro groups is 1. The van der Waals surface area contributed by atoms with Crippen LogP contribution >= 0.6 is 0 Å². The summed E-state index contributed by atoms with van der Waals surface area (Å²) < 4.78 is 45.2.